The average Bonchev–Trinajstić information content (AvgIpc) is 0.818. The molecule has 2 N–H and O–H groups in total. The summed E-state index contributed by atoms with van der Waals surface area (Å²) in [6.45, 7) is 24.8. The molecule has 141 heavy (non-hydrogen) atoms. The Hall–Kier alpha value is -14.0. The minimum atomic E-state index is -0.278. The molecule has 760 valence electrons. The number of carbonyl (C=O) groups excluding carboxylic acids is 18. The summed E-state index contributed by atoms with van der Waals surface area (Å²) >= 11 is 0. The molecule has 0 aliphatic carbocycles. The second-order valence-corrected chi connectivity index (χ2v) is 34.5. The van der Waals surface area contributed by atoms with Crippen LogP contribution < -0.4 is 39.4 Å². The van der Waals surface area contributed by atoms with Gasteiger partial charge in [-0.05, 0) is 334 Å². The summed E-state index contributed by atoms with van der Waals surface area (Å²) in [4.78, 5) is 203. The number of hydrogen-bond donors (Lipinski definition) is 2. The van der Waals surface area contributed by atoms with E-state index in [1.165, 1.54) is 111 Å². The number of unbranched alkanes of at least 4 members (excludes halogenated alkanes) is 15. The number of nitrogens with one attached hydrogen (secondary N) is 2. The van der Waals surface area contributed by atoms with Crippen molar-refractivity contribution in [3.05, 3.63) is 227 Å². The zero-order valence-electron chi connectivity index (χ0n) is 85.9. The molecular weight excluding hydrogens is 1790 g/mol. The van der Waals surface area contributed by atoms with E-state index in [-0.39, 0.29) is 93.0 Å². The van der Waals surface area contributed by atoms with Gasteiger partial charge in [-0.3, -0.25) is 57.5 Å². The van der Waals surface area contributed by atoms with E-state index >= 15 is 0 Å². The SMILES string of the molecule is CC(=O)C#CC(C)=O.CC(=O)C=C(C)C(C)=O.CC(=O)C=CC(C)=O.CC(=O)CCCCCCCCCCCCC(C)=O.CC(=O)CCCCCCOc1ccc(C(=O)N(C)c2ccc(N(C)C(=O)c3ccc(OCCCCCCC(C)=O)cc3)cc2)cc1.CC(=O)CCCOc1ccc(C(=O)Nc2ccc(NC(=O)c3ccc(OCCCC(C)=O)cc3)cc2)cc1.CC(=O)Cc1ccc(CC(C)=O)cc1. The molecule has 0 atom stereocenters. The number of ether oxygens (including phenoxy) is 4. The summed E-state index contributed by atoms with van der Waals surface area (Å²) in [5.41, 5.74) is 7.17. The van der Waals surface area contributed by atoms with E-state index in [0.717, 1.165) is 99.7 Å². The highest BCUT2D eigenvalue weighted by Gasteiger charge is 2.19. The highest BCUT2D eigenvalue weighted by Crippen LogP contribution is 2.26. The fourth-order valence-electron chi connectivity index (χ4n) is 12.7. The lowest BCUT2D eigenvalue weighted by Gasteiger charge is -2.21. The van der Waals surface area contributed by atoms with E-state index in [1.807, 2.05) is 48.5 Å². The molecule has 4 amide bonds. The van der Waals surface area contributed by atoms with Crippen molar-refractivity contribution in [3.63, 3.8) is 0 Å². The van der Waals surface area contributed by atoms with E-state index in [9.17, 15) is 86.3 Å². The average molecular weight is 1940 g/mol. The van der Waals surface area contributed by atoms with Crippen molar-refractivity contribution in [3.8, 4) is 34.8 Å². The Balaban J connectivity index is 0.000000922. The Morgan fingerprint density at radius 2 is 0.496 bits per heavy atom. The Morgan fingerprint density at radius 3 is 0.716 bits per heavy atom. The van der Waals surface area contributed by atoms with Crippen LogP contribution in [0.2, 0.25) is 0 Å². The van der Waals surface area contributed by atoms with Crippen molar-refractivity contribution in [2.24, 2.45) is 0 Å². The third-order valence-electron chi connectivity index (χ3n) is 20.5. The van der Waals surface area contributed by atoms with Gasteiger partial charge < -0.3 is 68.1 Å². The number of ketones is 14. The quantitative estimate of drug-likeness (QED) is 0.0155. The number of carbonyl (C=O) groups is 18. The maximum atomic E-state index is 13.1. The molecule has 0 aromatic heterocycles. The fourth-order valence-corrected chi connectivity index (χ4v) is 12.7. The van der Waals surface area contributed by atoms with Gasteiger partial charge in [-0.2, -0.15) is 0 Å². The number of anilines is 4. The van der Waals surface area contributed by atoms with Gasteiger partial charge in [0.2, 0.25) is 11.6 Å². The first kappa shape index (κ1) is 125. The number of amides is 4. The van der Waals surface area contributed by atoms with Crippen LogP contribution in [-0.4, -0.2) is 145 Å². The van der Waals surface area contributed by atoms with Gasteiger partial charge in [0.1, 0.15) is 69.3 Å². The van der Waals surface area contributed by atoms with Gasteiger partial charge >= 0.3 is 0 Å². The number of allylic oxidation sites excluding steroid dienone is 4. The predicted molar refractivity (Wildman–Crippen MR) is 556 cm³/mol. The van der Waals surface area contributed by atoms with Crippen molar-refractivity contribution in [1.29, 1.82) is 0 Å². The van der Waals surface area contributed by atoms with Gasteiger partial charge in [0.15, 0.2) is 23.1 Å². The van der Waals surface area contributed by atoms with Gasteiger partial charge in [-0.1, -0.05) is 101 Å². The molecular formula is C115H148N4O22. The molecule has 26 nitrogen and oxygen atoms in total. The van der Waals surface area contributed by atoms with Crippen LogP contribution in [0, 0.1) is 11.8 Å². The van der Waals surface area contributed by atoms with E-state index < -0.39 is 0 Å². The maximum absolute atomic E-state index is 13.1. The van der Waals surface area contributed by atoms with Crippen molar-refractivity contribution in [2.45, 2.75) is 284 Å². The molecule has 7 aromatic carbocycles. The largest absolute Gasteiger partial charge is 0.494 e. The lowest BCUT2D eigenvalue weighted by molar-refractivity contribution is -0.118. The molecule has 0 saturated carbocycles. The molecule has 7 aromatic rings. The monoisotopic (exact) mass is 1940 g/mol. The first-order valence-corrected chi connectivity index (χ1v) is 48.2. The van der Waals surface area contributed by atoms with E-state index in [4.69, 9.17) is 18.9 Å². The normalized spacial score (nSPS) is 10.3. The Kier molecular flexibility index (Phi) is 66.6. The smallest absolute Gasteiger partial charge is 0.258 e. The van der Waals surface area contributed by atoms with E-state index in [2.05, 4.69) is 22.5 Å². The lowest BCUT2D eigenvalue weighted by Crippen LogP contribution is -2.27. The minimum absolute atomic E-state index is 0.0507. The highest BCUT2D eigenvalue weighted by molar-refractivity contribution is 6.09. The summed E-state index contributed by atoms with van der Waals surface area (Å²) in [6.07, 6.45) is 30.0. The molecule has 0 unspecified atom stereocenters. The molecule has 0 aliphatic rings. The third kappa shape index (κ3) is 66.3. The van der Waals surface area contributed by atoms with Crippen molar-refractivity contribution in [2.75, 3.05) is 61.0 Å². The van der Waals surface area contributed by atoms with Gasteiger partial charge in [0, 0.05) is 124 Å². The predicted octanol–water partition coefficient (Wildman–Crippen LogP) is 22.6. The summed E-state index contributed by atoms with van der Waals surface area (Å²) < 4.78 is 22.8. The van der Waals surface area contributed by atoms with Gasteiger partial charge in [-0.25, -0.2) is 0 Å². The van der Waals surface area contributed by atoms with Gasteiger partial charge in [-0.15, -0.1) is 0 Å². The summed E-state index contributed by atoms with van der Waals surface area (Å²) in [6, 6.07) is 49.5. The molecule has 0 aliphatic heterocycles. The van der Waals surface area contributed by atoms with Crippen LogP contribution in [-0.2, 0) is 80.0 Å². The molecule has 7 rings (SSSR count). The molecule has 0 fully saturated rings. The Bertz CT molecular complexity index is 4930. The standard InChI is InChI=1S/C38H48N2O6.C30H32N2O6.C16H30O2.C12H14O2.C7H10O2.C6H8O2.C6H6O2/c1-29(41)13-9-5-7-11-27-45-35-23-15-31(16-24-35)37(43)39(3)33-19-21-34(22-20-33)40(4)38(44)32-17-25-36(26-18-32)46-28-12-8-6-10-14-30(2)42;1-21(33)5-3-19-37-27-15-7-23(8-16-27)29(35)31-25-11-13-26(14-12-25)32-30(36)24-9-17-28(18-10-24)38-20-4-6-22(2)34;1-15(17)13-11-9-7-5-3-4-6-8-10-12-14-16(2)18;1-9(13)7-11-3-5-12(6-4-11)8-10(2)14;1-5(7(3)9)4-6(2)8;2*1-5(7)3-4-6(2)8/h15-26H,5-14,27-28H2,1-4H3;7-18H,3-6,19-20H2,1-2H3,(H,31,35)(H,32,36);3-14H2,1-2H3;3-6H,7-8H2,1-2H3;4H,1-3H3;3-4H,1-2H3;1-2H3. The second kappa shape index (κ2) is 75.1. The third-order valence-corrected chi connectivity index (χ3v) is 20.5. The van der Waals surface area contributed by atoms with E-state index in [1.54, 1.807) is 208 Å². The Labute approximate surface area is 834 Å². The molecule has 0 heterocycles. The second-order valence-electron chi connectivity index (χ2n) is 34.5. The number of nitrogens with zero attached hydrogens (tertiary/aromatic N) is 2. The first-order valence-electron chi connectivity index (χ1n) is 48.2. The van der Waals surface area contributed by atoms with Crippen molar-refractivity contribution >= 4 is 127 Å². The van der Waals surface area contributed by atoms with Crippen LogP contribution in [0.15, 0.2) is 194 Å². The van der Waals surface area contributed by atoms with E-state index in [0.29, 0.717) is 151 Å². The van der Waals surface area contributed by atoms with Crippen molar-refractivity contribution < 1.29 is 105 Å². The number of rotatable bonds is 55. The lowest BCUT2D eigenvalue weighted by atomic mass is 10.0. The first-order chi connectivity index (χ1) is 66.9. The molecule has 0 bridgehead atoms. The Morgan fingerprint density at radius 1 is 0.262 bits per heavy atom. The van der Waals surface area contributed by atoms with Gasteiger partial charge in [0.05, 0.1) is 26.4 Å². The van der Waals surface area contributed by atoms with Crippen LogP contribution in [0.25, 0.3) is 0 Å². The number of Topliss-reactive ketones (excluding diaryl/α,β-unsaturated/α-hetero) is 11. The topological polar surface area (TPSA) is 375 Å². The zero-order valence-corrected chi connectivity index (χ0v) is 85.9. The van der Waals surface area contributed by atoms with Crippen LogP contribution in [0.3, 0.4) is 0 Å². The fraction of sp³-hybridized carbons (Fsp3) is 0.426. The van der Waals surface area contributed by atoms with Crippen molar-refractivity contribution in [1.82, 2.24) is 0 Å². The van der Waals surface area contributed by atoms with Crippen LogP contribution in [0.1, 0.15) is 323 Å². The number of benzene rings is 7. The minimum Gasteiger partial charge on any atom is -0.494 e. The maximum Gasteiger partial charge on any atom is 0.258 e. The number of hydrogen-bond acceptors (Lipinski definition) is 22. The highest BCUT2D eigenvalue weighted by atomic mass is 16.5. The van der Waals surface area contributed by atoms with Crippen LogP contribution in [0.5, 0.6) is 23.0 Å². The summed E-state index contributed by atoms with van der Waals surface area (Å²) in [7, 11) is 3.45. The molecule has 0 saturated heterocycles. The summed E-state index contributed by atoms with van der Waals surface area (Å²) in [5, 5.41) is 5.65. The molecule has 0 radical (unpaired) electrons. The molecule has 0 spiro atoms. The van der Waals surface area contributed by atoms with Gasteiger partial charge in [0.25, 0.3) is 23.6 Å². The zero-order chi connectivity index (χ0) is 105. The van der Waals surface area contributed by atoms with Crippen LogP contribution in [0.4, 0.5) is 22.7 Å². The van der Waals surface area contributed by atoms with Crippen LogP contribution >= 0.6 is 0 Å². The summed E-state index contributed by atoms with van der Waals surface area (Å²) in [5.74, 6) is 6.89. The molecule has 26 heteroatoms.